The molecule has 63 valence electrons. The van der Waals surface area contributed by atoms with Gasteiger partial charge in [-0.3, -0.25) is 0 Å². The van der Waals surface area contributed by atoms with Crippen LogP contribution < -0.4 is 0 Å². The van der Waals surface area contributed by atoms with E-state index in [4.69, 9.17) is 0 Å². The summed E-state index contributed by atoms with van der Waals surface area (Å²) in [4.78, 5) is 0. The Hall–Kier alpha value is -1.30. The highest BCUT2D eigenvalue weighted by atomic mass is 14.3. The van der Waals surface area contributed by atoms with Crippen LogP contribution in [0.2, 0.25) is 0 Å². The average Bonchev–Trinajstić information content (AvgIpc) is 3.00. The molecule has 0 N–H and O–H groups in total. The minimum atomic E-state index is 1.30. The minimum Gasteiger partial charge on any atom is -0.0616 e. The van der Waals surface area contributed by atoms with E-state index in [0.29, 0.717) is 0 Å². The lowest BCUT2D eigenvalue weighted by molar-refractivity contribution is 1.43. The molecule has 2 aromatic rings. The van der Waals surface area contributed by atoms with Gasteiger partial charge in [0.05, 0.1) is 0 Å². The number of rotatable bonds is 1. The van der Waals surface area contributed by atoms with Crippen LogP contribution in [-0.2, 0) is 0 Å². The summed E-state index contributed by atoms with van der Waals surface area (Å²) < 4.78 is 0. The molecule has 0 atom stereocenters. The Labute approximate surface area is 78.2 Å². The molecule has 1 fully saturated rings. The van der Waals surface area contributed by atoms with Crippen LogP contribution in [0.3, 0.4) is 0 Å². The van der Waals surface area contributed by atoms with Crippen molar-refractivity contribution in [2.24, 2.45) is 0 Å². The van der Waals surface area contributed by atoms with Gasteiger partial charge in [-0.15, -0.1) is 0 Å². The first-order chi connectivity index (χ1) is 6.43. The molecule has 13 heavy (non-hydrogen) atoms. The van der Waals surface area contributed by atoms with E-state index in [-0.39, 0.29) is 0 Å². The normalized spacial score (nSPS) is 16.3. The van der Waals surface area contributed by atoms with E-state index in [1.54, 1.807) is 5.92 Å². The van der Waals surface area contributed by atoms with Gasteiger partial charge in [-0.2, -0.15) is 0 Å². The van der Waals surface area contributed by atoms with E-state index in [1.807, 2.05) is 0 Å². The Morgan fingerprint density at radius 2 is 1.54 bits per heavy atom. The molecule has 0 spiro atoms. The standard InChI is InChI=1S/C13H11/c1-2-4-12-9-13(11-5-6-11)8-7-10(12)3-1/h1-4,7-9H,5-6H2. The summed E-state index contributed by atoms with van der Waals surface area (Å²) in [5.74, 6) is 1.62. The third-order valence-corrected chi connectivity index (χ3v) is 2.66. The van der Waals surface area contributed by atoms with Crippen molar-refractivity contribution in [3.8, 4) is 0 Å². The van der Waals surface area contributed by atoms with Gasteiger partial charge in [-0.1, -0.05) is 42.5 Å². The lowest BCUT2D eigenvalue weighted by atomic mass is 10.0. The van der Waals surface area contributed by atoms with Crippen molar-refractivity contribution < 1.29 is 0 Å². The number of hydrogen-bond acceptors (Lipinski definition) is 0. The monoisotopic (exact) mass is 167 g/mol. The molecule has 1 aliphatic carbocycles. The van der Waals surface area contributed by atoms with Gasteiger partial charge in [-0.05, 0) is 29.2 Å². The Kier molecular flexibility index (Phi) is 1.42. The van der Waals surface area contributed by atoms with Crippen LogP contribution in [0.15, 0.2) is 42.5 Å². The lowest BCUT2D eigenvalue weighted by Crippen LogP contribution is -1.79. The van der Waals surface area contributed by atoms with E-state index in [1.165, 1.54) is 29.2 Å². The molecular formula is C13H11. The number of fused-ring (bicyclic) bond motifs is 1. The third-order valence-electron chi connectivity index (χ3n) is 2.66. The molecule has 2 aromatic carbocycles. The molecule has 3 rings (SSSR count). The first-order valence-corrected chi connectivity index (χ1v) is 4.77. The molecule has 0 unspecified atom stereocenters. The maximum absolute atomic E-state index is 2.30. The molecule has 0 amide bonds. The largest absolute Gasteiger partial charge is 0.0616 e. The second-order valence-electron chi connectivity index (χ2n) is 3.67. The summed E-state index contributed by atoms with van der Waals surface area (Å²) in [6, 6.07) is 15.3. The van der Waals surface area contributed by atoms with Gasteiger partial charge >= 0.3 is 0 Å². The van der Waals surface area contributed by atoms with Gasteiger partial charge in [0.1, 0.15) is 0 Å². The fourth-order valence-electron chi connectivity index (χ4n) is 1.76. The second kappa shape index (κ2) is 2.59. The van der Waals surface area contributed by atoms with Crippen molar-refractivity contribution in [2.75, 3.05) is 0 Å². The summed E-state index contributed by atoms with van der Waals surface area (Å²) in [7, 11) is 0. The molecule has 0 aromatic heterocycles. The maximum atomic E-state index is 2.30. The number of benzene rings is 2. The van der Waals surface area contributed by atoms with E-state index in [0.717, 1.165) is 0 Å². The van der Waals surface area contributed by atoms with Crippen LogP contribution in [-0.4, -0.2) is 0 Å². The summed E-state index contributed by atoms with van der Waals surface area (Å²) >= 11 is 0. The van der Waals surface area contributed by atoms with Gasteiger partial charge in [0.25, 0.3) is 0 Å². The van der Waals surface area contributed by atoms with Crippen LogP contribution >= 0.6 is 0 Å². The summed E-state index contributed by atoms with van der Waals surface area (Å²) in [5, 5.41) is 2.70. The highest BCUT2D eigenvalue weighted by Gasteiger charge is 2.23. The van der Waals surface area contributed by atoms with E-state index >= 15 is 0 Å². The van der Waals surface area contributed by atoms with Gasteiger partial charge in [0.2, 0.25) is 0 Å². The zero-order valence-corrected chi connectivity index (χ0v) is 7.46. The van der Waals surface area contributed by atoms with E-state index < -0.39 is 0 Å². The first-order valence-electron chi connectivity index (χ1n) is 4.77. The second-order valence-corrected chi connectivity index (χ2v) is 3.67. The van der Waals surface area contributed by atoms with Crippen molar-refractivity contribution in [2.45, 2.75) is 12.8 Å². The van der Waals surface area contributed by atoms with Gasteiger partial charge < -0.3 is 0 Å². The van der Waals surface area contributed by atoms with Crippen LogP contribution in [0.5, 0.6) is 0 Å². The summed E-state index contributed by atoms with van der Waals surface area (Å²) in [5.41, 5.74) is 1.44. The van der Waals surface area contributed by atoms with E-state index in [9.17, 15) is 0 Å². The van der Waals surface area contributed by atoms with Crippen LogP contribution in [0.1, 0.15) is 18.4 Å². The highest BCUT2D eigenvalue weighted by molar-refractivity contribution is 5.83. The molecule has 1 radical (unpaired) electrons. The van der Waals surface area contributed by atoms with Gasteiger partial charge in [0, 0.05) is 5.92 Å². The van der Waals surface area contributed by atoms with Gasteiger partial charge in [0.15, 0.2) is 0 Å². The molecule has 1 aliphatic rings. The fraction of sp³-hybridized carbons (Fsp3) is 0.154. The molecular weight excluding hydrogens is 156 g/mol. The quantitative estimate of drug-likeness (QED) is 0.609. The van der Waals surface area contributed by atoms with E-state index in [2.05, 4.69) is 42.5 Å². The minimum absolute atomic E-state index is 1.30. The van der Waals surface area contributed by atoms with Gasteiger partial charge in [-0.25, -0.2) is 0 Å². The molecule has 0 bridgehead atoms. The van der Waals surface area contributed by atoms with Crippen LogP contribution in [0, 0.1) is 5.92 Å². The van der Waals surface area contributed by atoms with Crippen molar-refractivity contribution in [3.63, 3.8) is 0 Å². The zero-order valence-electron chi connectivity index (χ0n) is 7.46. The van der Waals surface area contributed by atoms with Crippen molar-refractivity contribution >= 4 is 10.8 Å². The highest BCUT2D eigenvalue weighted by Crippen LogP contribution is 2.39. The lowest BCUT2D eigenvalue weighted by Gasteiger charge is -2.00. The van der Waals surface area contributed by atoms with Crippen molar-refractivity contribution in [1.29, 1.82) is 0 Å². The number of hydrogen-bond donors (Lipinski definition) is 0. The fourth-order valence-corrected chi connectivity index (χ4v) is 1.76. The SMILES string of the molecule is c1ccc2cc([C]3CC3)ccc2c1. The van der Waals surface area contributed by atoms with Crippen molar-refractivity contribution in [1.82, 2.24) is 0 Å². The topological polar surface area (TPSA) is 0 Å². The summed E-state index contributed by atoms with van der Waals surface area (Å²) in [6.07, 6.45) is 2.61. The molecule has 0 aliphatic heterocycles. The summed E-state index contributed by atoms with van der Waals surface area (Å²) in [6.45, 7) is 0. The Balaban J connectivity index is 2.21. The predicted octanol–water partition coefficient (Wildman–Crippen LogP) is 3.56. The van der Waals surface area contributed by atoms with Crippen LogP contribution in [0.25, 0.3) is 10.8 Å². The maximum Gasteiger partial charge on any atom is 0.00507 e. The molecule has 0 saturated heterocycles. The molecule has 1 saturated carbocycles. The smallest absolute Gasteiger partial charge is 0.00507 e. The molecule has 0 heterocycles. The molecule has 0 nitrogen and oxygen atoms in total. The first kappa shape index (κ1) is 7.14. The zero-order chi connectivity index (χ0) is 8.67. The third kappa shape index (κ3) is 1.23. The van der Waals surface area contributed by atoms with Crippen molar-refractivity contribution in [3.05, 3.63) is 53.9 Å². The Morgan fingerprint density at radius 3 is 2.31 bits per heavy atom. The molecule has 0 heteroatoms. The van der Waals surface area contributed by atoms with Crippen LogP contribution in [0.4, 0.5) is 0 Å². The Bertz CT molecular complexity index is 438. The predicted molar refractivity (Wildman–Crippen MR) is 55.5 cm³/mol. The Morgan fingerprint density at radius 1 is 0.769 bits per heavy atom. The average molecular weight is 167 g/mol.